The summed E-state index contributed by atoms with van der Waals surface area (Å²) in [4.78, 5) is 12.9. The smallest absolute Gasteiger partial charge is 0.138 e. The van der Waals surface area contributed by atoms with Crippen LogP contribution in [-0.2, 0) is 11.2 Å². The van der Waals surface area contributed by atoms with Crippen molar-refractivity contribution in [2.24, 2.45) is 5.92 Å². The first-order valence-corrected chi connectivity index (χ1v) is 7.40. The Bertz CT molecular complexity index is 371. The number of hydrogen-bond donors (Lipinski definition) is 1. The number of hydrogen-bond acceptors (Lipinski definition) is 3. The summed E-state index contributed by atoms with van der Waals surface area (Å²) in [6.45, 7) is 2.22. The van der Waals surface area contributed by atoms with Gasteiger partial charge in [0.25, 0.3) is 0 Å². The summed E-state index contributed by atoms with van der Waals surface area (Å²) in [5, 5.41) is 3.35. The van der Waals surface area contributed by atoms with Gasteiger partial charge in [-0.15, -0.1) is 11.3 Å². The van der Waals surface area contributed by atoms with E-state index in [1.165, 1.54) is 24.2 Å². The number of nitrogens with one attached hydrogen (secondary N) is 1. The number of halogens is 1. The van der Waals surface area contributed by atoms with Crippen molar-refractivity contribution in [1.29, 1.82) is 0 Å². The number of piperidine rings is 1. The van der Waals surface area contributed by atoms with Crippen LogP contribution in [0.1, 0.15) is 30.6 Å². The molecule has 0 bridgehead atoms. The molecular weight excluding hydrogens is 254 g/mol. The summed E-state index contributed by atoms with van der Waals surface area (Å²) in [6, 6.07) is 3.82. The van der Waals surface area contributed by atoms with Crippen molar-refractivity contribution < 1.29 is 4.79 Å². The Morgan fingerprint density at radius 2 is 2.18 bits per heavy atom. The molecule has 1 aliphatic rings. The molecule has 0 aromatic carbocycles. The zero-order valence-electron chi connectivity index (χ0n) is 9.88. The zero-order chi connectivity index (χ0) is 12.1. The Kier molecular flexibility index (Phi) is 5.01. The fourth-order valence-corrected chi connectivity index (χ4v) is 3.38. The Hall–Kier alpha value is -0.380. The molecule has 0 radical (unpaired) electrons. The van der Waals surface area contributed by atoms with Gasteiger partial charge >= 0.3 is 0 Å². The fraction of sp³-hybridized carbons (Fsp3) is 0.615. The topological polar surface area (TPSA) is 29.1 Å². The average molecular weight is 272 g/mol. The summed E-state index contributed by atoms with van der Waals surface area (Å²) in [5.74, 6) is 1.09. The molecule has 0 atom stereocenters. The van der Waals surface area contributed by atoms with Crippen LogP contribution < -0.4 is 5.32 Å². The molecule has 2 heterocycles. The van der Waals surface area contributed by atoms with Crippen LogP contribution in [0, 0.1) is 5.92 Å². The van der Waals surface area contributed by atoms with Crippen LogP contribution in [0.15, 0.2) is 12.1 Å². The molecule has 0 aliphatic carbocycles. The van der Waals surface area contributed by atoms with E-state index in [-0.39, 0.29) is 0 Å². The second-order valence-corrected chi connectivity index (χ2v) is 6.45. The second-order valence-electron chi connectivity index (χ2n) is 4.65. The molecule has 1 aromatic heterocycles. The van der Waals surface area contributed by atoms with Crippen molar-refractivity contribution in [1.82, 2.24) is 5.32 Å². The molecule has 0 unspecified atom stereocenters. The Balaban J connectivity index is 1.70. The average Bonchev–Trinajstić information content (AvgIpc) is 2.73. The summed E-state index contributed by atoms with van der Waals surface area (Å²) < 4.78 is 0.770. The largest absolute Gasteiger partial charge is 0.317 e. The van der Waals surface area contributed by atoms with Crippen molar-refractivity contribution in [2.45, 2.75) is 32.1 Å². The summed E-state index contributed by atoms with van der Waals surface area (Å²) in [5.41, 5.74) is 0. The monoisotopic (exact) mass is 271 g/mol. The van der Waals surface area contributed by atoms with Crippen LogP contribution >= 0.6 is 22.9 Å². The summed E-state index contributed by atoms with van der Waals surface area (Å²) in [7, 11) is 0. The Labute approximate surface area is 111 Å². The van der Waals surface area contributed by atoms with Crippen molar-refractivity contribution in [3.8, 4) is 0 Å². The van der Waals surface area contributed by atoms with Crippen LogP contribution in [0.5, 0.6) is 0 Å². The third-order valence-electron chi connectivity index (χ3n) is 3.29. The standard InChI is InChI=1S/C13H18ClNOS/c14-13-4-3-12(17-13)9-11(16)2-1-10-5-7-15-8-6-10/h3-4,10,15H,1-2,5-9H2. The second kappa shape index (κ2) is 6.53. The van der Waals surface area contributed by atoms with Crippen LogP contribution in [-0.4, -0.2) is 18.9 Å². The van der Waals surface area contributed by atoms with Gasteiger partial charge < -0.3 is 5.32 Å². The highest BCUT2D eigenvalue weighted by Crippen LogP contribution is 2.23. The van der Waals surface area contributed by atoms with Gasteiger partial charge in [0.15, 0.2) is 0 Å². The molecule has 94 valence electrons. The minimum absolute atomic E-state index is 0.349. The minimum atomic E-state index is 0.349. The highest BCUT2D eigenvalue weighted by atomic mass is 35.5. The third kappa shape index (κ3) is 4.41. The number of thiophene rings is 1. The summed E-state index contributed by atoms with van der Waals surface area (Å²) >= 11 is 7.36. The lowest BCUT2D eigenvalue weighted by atomic mass is 9.92. The molecule has 1 saturated heterocycles. The van der Waals surface area contributed by atoms with Crippen LogP contribution in [0.3, 0.4) is 0 Å². The highest BCUT2D eigenvalue weighted by molar-refractivity contribution is 7.16. The minimum Gasteiger partial charge on any atom is -0.317 e. The first kappa shape index (κ1) is 13.1. The SMILES string of the molecule is O=C(CCC1CCNCC1)Cc1ccc(Cl)s1. The first-order valence-electron chi connectivity index (χ1n) is 6.20. The molecule has 4 heteroatoms. The van der Waals surface area contributed by atoms with Crippen LogP contribution in [0.4, 0.5) is 0 Å². The molecule has 1 fully saturated rings. The molecule has 0 saturated carbocycles. The molecule has 0 amide bonds. The zero-order valence-corrected chi connectivity index (χ0v) is 11.4. The molecular formula is C13H18ClNOS. The number of Topliss-reactive ketones (excluding diaryl/α,β-unsaturated/α-hetero) is 1. The van der Waals surface area contributed by atoms with E-state index in [4.69, 9.17) is 11.6 Å². The van der Waals surface area contributed by atoms with E-state index >= 15 is 0 Å². The van der Waals surface area contributed by atoms with E-state index in [9.17, 15) is 4.79 Å². The molecule has 2 rings (SSSR count). The van der Waals surface area contributed by atoms with E-state index in [0.29, 0.717) is 12.2 Å². The van der Waals surface area contributed by atoms with Crippen LogP contribution in [0.2, 0.25) is 4.34 Å². The summed E-state index contributed by atoms with van der Waals surface area (Å²) in [6.07, 6.45) is 4.78. The molecule has 1 aromatic rings. The van der Waals surface area contributed by atoms with Gasteiger partial charge in [-0.3, -0.25) is 4.79 Å². The highest BCUT2D eigenvalue weighted by Gasteiger charge is 2.14. The maximum absolute atomic E-state index is 11.8. The van der Waals surface area contributed by atoms with Gasteiger partial charge in [0.2, 0.25) is 0 Å². The molecule has 2 nitrogen and oxygen atoms in total. The van der Waals surface area contributed by atoms with E-state index in [1.54, 1.807) is 0 Å². The maximum atomic E-state index is 11.8. The van der Waals surface area contributed by atoms with E-state index < -0.39 is 0 Å². The lowest BCUT2D eigenvalue weighted by Crippen LogP contribution is -2.28. The van der Waals surface area contributed by atoms with Crippen molar-refractivity contribution in [3.63, 3.8) is 0 Å². The Morgan fingerprint density at radius 1 is 1.41 bits per heavy atom. The number of rotatable bonds is 5. The lowest BCUT2D eigenvalue weighted by molar-refractivity contribution is -0.118. The van der Waals surface area contributed by atoms with E-state index in [1.807, 2.05) is 12.1 Å². The van der Waals surface area contributed by atoms with Gasteiger partial charge in [0.1, 0.15) is 5.78 Å². The van der Waals surface area contributed by atoms with Gasteiger partial charge in [-0.2, -0.15) is 0 Å². The predicted molar refractivity (Wildman–Crippen MR) is 72.9 cm³/mol. The van der Waals surface area contributed by atoms with Crippen molar-refractivity contribution in [3.05, 3.63) is 21.3 Å². The quantitative estimate of drug-likeness (QED) is 0.890. The lowest BCUT2D eigenvalue weighted by Gasteiger charge is -2.21. The molecule has 1 aliphatic heterocycles. The van der Waals surface area contributed by atoms with E-state index in [2.05, 4.69) is 5.32 Å². The normalized spacial score (nSPS) is 17.2. The Morgan fingerprint density at radius 3 is 2.82 bits per heavy atom. The molecule has 1 N–H and O–H groups in total. The molecule has 17 heavy (non-hydrogen) atoms. The van der Waals surface area contributed by atoms with Crippen molar-refractivity contribution >= 4 is 28.7 Å². The molecule has 0 spiro atoms. The number of carbonyl (C=O) groups excluding carboxylic acids is 1. The van der Waals surface area contributed by atoms with Gasteiger partial charge in [-0.05, 0) is 50.4 Å². The fourth-order valence-electron chi connectivity index (χ4n) is 2.26. The number of ketones is 1. The van der Waals surface area contributed by atoms with Gasteiger partial charge in [-0.25, -0.2) is 0 Å². The van der Waals surface area contributed by atoms with Gasteiger partial charge in [-0.1, -0.05) is 11.6 Å². The van der Waals surface area contributed by atoms with Crippen LogP contribution in [0.25, 0.3) is 0 Å². The van der Waals surface area contributed by atoms with Gasteiger partial charge in [0, 0.05) is 17.7 Å². The predicted octanol–water partition coefficient (Wildman–Crippen LogP) is 3.29. The van der Waals surface area contributed by atoms with Crippen molar-refractivity contribution in [2.75, 3.05) is 13.1 Å². The maximum Gasteiger partial charge on any atom is 0.138 e. The number of carbonyl (C=O) groups is 1. The van der Waals surface area contributed by atoms with E-state index in [0.717, 1.165) is 41.1 Å². The first-order chi connectivity index (χ1) is 8.24. The third-order valence-corrected chi connectivity index (χ3v) is 4.52. The van der Waals surface area contributed by atoms with Gasteiger partial charge in [0.05, 0.1) is 4.34 Å².